The van der Waals surface area contributed by atoms with Crippen molar-refractivity contribution >= 4 is 0 Å². The average molecular weight is 276 g/mol. The molecule has 2 atom stereocenters. The smallest absolute Gasteiger partial charge is 0.0837 e. The Morgan fingerprint density at radius 2 is 1.32 bits per heavy atom. The largest absolute Gasteiger partial charge is 0.382 e. The molecule has 0 heterocycles. The van der Waals surface area contributed by atoms with Gasteiger partial charge < -0.3 is 23.7 Å². The molecule has 0 bridgehead atoms. The van der Waals surface area contributed by atoms with Crippen LogP contribution in [0.15, 0.2) is 0 Å². The van der Waals surface area contributed by atoms with Gasteiger partial charge in [0.15, 0.2) is 0 Å². The summed E-state index contributed by atoms with van der Waals surface area (Å²) in [5, 5.41) is 0. The van der Waals surface area contributed by atoms with Crippen molar-refractivity contribution < 1.29 is 23.7 Å². The Hall–Kier alpha value is -0.200. The van der Waals surface area contributed by atoms with Gasteiger partial charge in [-0.25, -0.2) is 0 Å². The highest BCUT2D eigenvalue weighted by Crippen LogP contribution is 2.23. The van der Waals surface area contributed by atoms with Gasteiger partial charge in [-0.1, -0.05) is 12.8 Å². The normalized spacial score (nSPS) is 23.7. The maximum atomic E-state index is 5.82. The van der Waals surface area contributed by atoms with Crippen molar-refractivity contribution in [2.24, 2.45) is 0 Å². The highest BCUT2D eigenvalue weighted by atomic mass is 16.6. The molecular weight excluding hydrogens is 248 g/mol. The van der Waals surface area contributed by atoms with Crippen molar-refractivity contribution in [3.05, 3.63) is 0 Å². The van der Waals surface area contributed by atoms with Crippen LogP contribution in [-0.2, 0) is 23.7 Å². The fraction of sp³-hybridized carbons (Fsp3) is 1.00. The lowest BCUT2D eigenvalue weighted by molar-refractivity contribution is -0.0902. The van der Waals surface area contributed by atoms with E-state index in [9.17, 15) is 0 Å². The maximum absolute atomic E-state index is 5.82. The molecule has 1 saturated carbocycles. The molecule has 0 radical (unpaired) electrons. The summed E-state index contributed by atoms with van der Waals surface area (Å²) in [7, 11) is 3.43. The predicted molar refractivity (Wildman–Crippen MR) is 72.5 cm³/mol. The predicted octanol–water partition coefficient (Wildman–Crippen LogP) is 1.64. The van der Waals surface area contributed by atoms with Gasteiger partial charge in [0.1, 0.15) is 0 Å². The van der Waals surface area contributed by atoms with E-state index in [1.165, 1.54) is 12.8 Å². The van der Waals surface area contributed by atoms with Crippen molar-refractivity contribution in [1.82, 2.24) is 0 Å². The molecule has 19 heavy (non-hydrogen) atoms. The molecule has 0 spiro atoms. The second-order valence-corrected chi connectivity index (χ2v) is 4.69. The summed E-state index contributed by atoms with van der Waals surface area (Å²) >= 11 is 0. The number of hydrogen-bond donors (Lipinski definition) is 0. The third-order valence-electron chi connectivity index (χ3n) is 3.31. The minimum atomic E-state index is 0.236. The first-order chi connectivity index (χ1) is 9.38. The fourth-order valence-electron chi connectivity index (χ4n) is 2.25. The van der Waals surface area contributed by atoms with Gasteiger partial charge in [0.05, 0.1) is 51.8 Å². The van der Waals surface area contributed by atoms with Crippen molar-refractivity contribution in [2.45, 2.75) is 37.9 Å². The molecule has 0 unspecified atom stereocenters. The van der Waals surface area contributed by atoms with E-state index in [1.54, 1.807) is 14.2 Å². The van der Waals surface area contributed by atoms with Crippen LogP contribution in [0.3, 0.4) is 0 Å². The van der Waals surface area contributed by atoms with Crippen molar-refractivity contribution in [2.75, 3.05) is 53.9 Å². The molecule has 5 nitrogen and oxygen atoms in total. The number of ether oxygens (including phenoxy) is 5. The lowest BCUT2D eigenvalue weighted by Crippen LogP contribution is -2.34. The van der Waals surface area contributed by atoms with Gasteiger partial charge in [-0.2, -0.15) is 0 Å². The van der Waals surface area contributed by atoms with Crippen molar-refractivity contribution in [1.29, 1.82) is 0 Å². The SMILES string of the molecule is COCCOCCOCCO[C@@H]1CCCC[C@H]1OC. The van der Waals surface area contributed by atoms with E-state index >= 15 is 0 Å². The molecule has 0 N–H and O–H groups in total. The van der Waals surface area contributed by atoms with Gasteiger partial charge in [0, 0.05) is 14.2 Å². The van der Waals surface area contributed by atoms with Gasteiger partial charge in [0.25, 0.3) is 0 Å². The molecule has 1 fully saturated rings. The summed E-state index contributed by atoms with van der Waals surface area (Å²) in [6.45, 7) is 3.69. The third-order valence-corrected chi connectivity index (χ3v) is 3.31. The summed E-state index contributed by atoms with van der Waals surface area (Å²) < 4.78 is 26.9. The van der Waals surface area contributed by atoms with Gasteiger partial charge >= 0.3 is 0 Å². The van der Waals surface area contributed by atoms with Gasteiger partial charge in [-0.3, -0.25) is 0 Å². The zero-order valence-electron chi connectivity index (χ0n) is 12.3. The van der Waals surface area contributed by atoms with E-state index in [-0.39, 0.29) is 12.2 Å². The Balaban J connectivity index is 1.89. The van der Waals surface area contributed by atoms with Gasteiger partial charge in [-0.15, -0.1) is 0 Å². The minimum absolute atomic E-state index is 0.236. The quantitative estimate of drug-likeness (QED) is 0.537. The van der Waals surface area contributed by atoms with Crippen LogP contribution in [0, 0.1) is 0 Å². The fourth-order valence-corrected chi connectivity index (χ4v) is 2.25. The summed E-state index contributed by atoms with van der Waals surface area (Å²) in [5.74, 6) is 0. The van der Waals surface area contributed by atoms with Crippen molar-refractivity contribution in [3.8, 4) is 0 Å². The van der Waals surface area contributed by atoms with E-state index in [2.05, 4.69) is 0 Å². The first-order valence-electron chi connectivity index (χ1n) is 7.17. The summed E-state index contributed by atoms with van der Waals surface area (Å²) in [6.07, 6.45) is 5.17. The molecule has 1 rings (SSSR count). The molecular formula is C14H28O5. The molecule has 0 amide bonds. The topological polar surface area (TPSA) is 46.2 Å². The van der Waals surface area contributed by atoms with E-state index < -0.39 is 0 Å². The Bertz CT molecular complexity index is 200. The van der Waals surface area contributed by atoms with E-state index in [4.69, 9.17) is 23.7 Å². The standard InChI is InChI=1S/C14H28O5/c1-15-7-8-17-9-10-18-11-12-19-14-6-4-3-5-13(14)16-2/h13-14H,3-12H2,1-2H3/t13-,14-/m1/s1. The lowest BCUT2D eigenvalue weighted by atomic mass is 9.94. The highest BCUT2D eigenvalue weighted by molar-refractivity contribution is 4.76. The van der Waals surface area contributed by atoms with Crippen LogP contribution in [0.1, 0.15) is 25.7 Å². The number of rotatable bonds is 11. The monoisotopic (exact) mass is 276 g/mol. The molecule has 0 aromatic rings. The van der Waals surface area contributed by atoms with Gasteiger partial charge in [-0.05, 0) is 12.8 Å². The minimum Gasteiger partial charge on any atom is -0.382 e. The first-order valence-corrected chi connectivity index (χ1v) is 7.17. The average Bonchev–Trinajstić information content (AvgIpc) is 2.46. The Labute approximate surface area is 116 Å². The molecule has 1 aliphatic rings. The highest BCUT2D eigenvalue weighted by Gasteiger charge is 2.25. The first kappa shape index (κ1) is 16.9. The van der Waals surface area contributed by atoms with Crippen LogP contribution in [0.2, 0.25) is 0 Å². The van der Waals surface area contributed by atoms with Gasteiger partial charge in [0.2, 0.25) is 0 Å². The lowest BCUT2D eigenvalue weighted by Gasteiger charge is -2.30. The Morgan fingerprint density at radius 3 is 1.95 bits per heavy atom. The van der Waals surface area contributed by atoms with Crippen LogP contribution in [0.5, 0.6) is 0 Å². The van der Waals surface area contributed by atoms with Crippen LogP contribution >= 0.6 is 0 Å². The molecule has 1 aliphatic carbocycles. The molecule has 0 saturated heterocycles. The maximum Gasteiger partial charge on any atom is 0.0837 e. The van der Waals surface area contributed by atoms with Crippen LogP contribution in [0.25, 0.3) is 0 Å². The van der Waals surface area contributed by atoms with Crippen LogP contribution in [-0.4, -0.2) is 66.1 Å². The molecule has 5 heteroatoms. The van der Waals surface area contributed by atoms with E-state index in [0.29, 0.717) is 39.6 Å². The molecule has 0 aromatic heterocycles. The Kier molecular flexibility index (Phi) is 10.3. The van der Waals surface area contributed by atoms with E-state index in [1.807, 2.05) is 0 Å². The summed E-state index contributed by atoms with van der Waals surface area (Å²) in [5.41, 5.74) is 0. The van der Waals surface area contributed by atoms with E-state index in [0.717, 1.165) is 12.8 Å². The number of methoxy groups -OCH3 is 2. The zero-order valence-corrected chi connectivity index (χ0v) is 12.3. The van der Waals surface area contributed by atoms with Crippen LogP contribution in [0.4, 0.5) is 0 Å². The zero-order chi connectivity index (χ0) is 13.8. The molecule has 0 aliphatic heterocycles. The summed E-state index contributed by atoms with van der Waals surface area (Å²) in [4.78, 5) is 0. The van der Waals surface area contributed by atoms with Crippen LogP contribution < -0.4 is 0 Å². The second kappa shape index (κ2) is 11.6. The Morgan fingerprint density at radius 1 is 0.737 bits per heavy atom. The molecule has 114 valence electrons. The number of hydrogen-bond acceptors (Lipinski definition) is 5. The van der Waals surface area contributed by atoms with Crippen molar-refractivity contribution in [3.63, 3.8) is 0 Å². The summed E-state index contributed by atoms with van der Waals surface area (Å²) in [6, 6.07) is 0. The molecule has 0 aromatic carbocycles. The third kappa shape index (κ3) is 7.84. The second-order valence-electron chi connectivity index (χ2n) is 4.69.